The van der Waals surface area contributed by atoms with Gasteiger partial charge in [-0.1, -0.05) is 19.8 Å². The van der Waals surface area contributed by atoms with Crippen LogP contribution in [0.3, 0.4) is 0 Å². The third kappa shape index (κ3) is 3.89. The van der Waals surface area contributed by atoms with Gasteiger partial charge < -0.3 is 28.4 Å². The fourth-order valence-corrected chi connectivity index (χ4v) is 3.48. The Morgan fingerprint density at radius 2 is 1.48 bits per heavy atom. The highest BCUT2D eigenvalue weighted by atomic mass is 16.9. The molecule has 3 rings (SSSR count). The molecule has 0 bridgehead atoms. The van der Waals surface area contributed by atoms with Crippen molar-refractivity contribution < 1.29 is 28.4 Å². The van der Waals surface area contributed by atoms with Gasteiger partial charge in [-0.3, -0.25) is 0 Å². The van der Waals surface area contributed by atoms with E-state index in [2.05, 4.69) is 6.92 Å². The maximum absolute atomic E-state index is 6.08. The summed E-state index contributed by atoms with van der Waals surface area (Å²) in [6.45, 7) is 11.0. The molecule has 0 unspecified atom stereocenters. The minimum absolute atomic E-state index is 0.199. The lowest BCUT2D eigenvalue weighted by Gasteiger charge is -2.37. The van der Waals surface area contributed by atoms with Crippen LogP contribution in [0.1, 0.15) is 53.9 Å². The second-order valence-corrected chi connectivity index (χ2v) is 7.49. The molecule has 0 N–H and O–H groups in total. The molecule has 0 aromatic heterocycles. The van der Waals surface area contributed by atoms with Gasteiger partial charge in [-0.2, -0.15) is 0 Å². The standard InChI is InChI=1S/C17H30O6/c1-6-7-8-9-18-10-11-12-13(21-16(2,3)20-12)14-15(19-11)23-17(4,5)22-14/h11-15H,6-10H2,1-5H3/t11-,12+,13+,14-,15-/m1/s1. The molecule has 6 nitrogen and oxygen atoms in total. The van der Waals surface area contributed by atoms with Crippen molar-refractivity contribution in [3.8, 4) is 0 Å². The van der Waals surface area contributed by atoms with E-state index in [1.54, 1.807) is 0 Å². The molecule has 5 atom stereocenters. The summed E-state index contributed by atoms with van der Waals surface area (Å²) in [5.41, 5.74) is 0. The minimum Gasteiger partial charge on any atom is -0.379 e. The molecule has 3 saturated heterocycles. The topological polar surface area (TPSA) is 55.4 Å². The summed E-state index contributed by atoms with van der Waals surface area (Å²) >= 11 is 0. The van der Waals surface area contributed by atoms with E-state index in [0.29, 0.717) is 6.61 Å². The number of ether oxygens (including phenoxy) is 6. The number of rotatable bonds is 6. The molecule has 6 heteroatoms. The molecule has 0 saturated carbocycles. The van der Waals surface area contributed by atoms with Crippen LogP contribution >= 0.6 is 0 Å². The highest BCUT2D eigenvalue weighted by Gasteiger charge is 2.60. The van der Waals surface area contributed by atoms with Crippen LogP contribution in [0.25, 0.3) is 0 Å². The molecule has 0 radical (unpaired) electrons. The van der Waals surface area contributed by atoms with E-state index in [1.165, 1.54) is 12.8 Å². The number of fused-ring (bicyclic) bond motifs is 3. The summed E-state index contributed by atoms with van der Waals surface area (Å²) in [4.78, 5) is 0. The van der Waals surface area contributed by atoms with E-state index >= 15 is 0 Å². The van der Waals surface area contributed by atoms with Crippen LogP contribution in [-0.2, 0) is 28.4 Å². The molecule has 3 aliphatic heterocycles. The van der Waals surface area contributed by atoms with Gasteiger partial charge in [0.15, 0.2) is 17.9 Å². The van der Waals surface area contributed by atoms with Crippen LogP contribution in [-0.4, -0.2) is 55.5 Å². The van der Waals surface area contributed by atoms with Crippen molar-refractivity contribution in [2.45, 2.75) is 96.2 Å². The smallest absolute Gasteiger partial charge is 0.190 e. The summed E-state index contributed by atoms with van der Waals surface area (Å²) in [6.07, 6.45) is 2.12. The fourth-order valence-electron chi connectivity index (χ4n) is 3.48. The molecule has 3 aliphatic rings. The monoisotopic (exact) mass is 330 g/mol. The predicted molar refractivity (Wildman–Crippen MR) is 82.9 cm³/mol. The van der Waals surface area contributed by atoms with Crippen LogP contribution in [0.4, 0.5) is 0 Å². The second-order valence-electron chi connectivity index (χ2n) is 7.49. The largest absolute Gasteiger partial charge is 0.379 e. The molecule has 0 spiro atoms. The van der Waals surface area contributed by atoms with Gasteiger partial charge in [0.1, 0.15) is 24.4 Å². The molecule has 0 aromatic rings. The summed E-state index contributed by atoms with van der Waals surface area (Å²) in [7, 11) is 0. The zero-order chi connectivity index (χ0) is 16.7. The molecule has 23 heavy (non-hydrogen) atoms. The van der Waals surface area contributed by atoms with E-state index in [0.717, 1.165) is 13.0 Å². The molecule has 134 valence electrons. The van der Waals surface area contributed by atoms with Crippen molar-refractivity contribution in [2.24, 2.45) is 0 Å². The third-order valence-corrected chi connectivity index (χ3v) is 4.43. The zero-order valence-electron chi connectivity index (χ0n) is 14.9. The van der Waals surface area contributed by atoms with E-state index < -0.39 is 17.9 Å². The summed E-state index contributed by atoms with van der Waals surface area (Å²) in [6, 6.07) is 0. The number of hydrogen-bond acceptors (Lipinski definition) is 6. The second kappa shape index (κ2) is 6.58. The Morgan fingerprint density at radius 1 is 0.826 bits per heavy atom. The Bertz CT molecular complexity index is 410. The lowest BCUT2D eigenvalue weighted by atomic mass is 9.99. The predicted octanol–water partition coefficient (Wildman–Crippen LogP) is 2.59. The average Bonchev–Trinajstić information content (AvgIpc) is 2.93. The number of unbranched alkanes of at least 4 members (excludes halogenated alkanes) is 2. The first kappa shape index (κ1) is 17.6. The average molecular weight is 330 g/mol. The lowest BCUT2D eigenvalue weighted by Crippen LogP contribution is -2.56. The first-order valence-corrected chi connectivity index (χ1v) is 8.76. The van der Waals surface area contributed by atoms with Crippen LogP contribution in [0.15, 0.2) is 0 Å². The van der Waals surface area contributed by atoms with E-state index in [1.807, 2.05) is 27.7 Å². The van der Waals surface area contributed by atoms with Crippen LogP contribution < -0.4 is 0 Å². The highest BCUT2D eigenvalue weighted by Crippen LogP contribution is 2.44. The SMILES string of the molecule is CCCCCOC[C@H]1O[C@@H]2OC(C)(C)O[C@@H]2[C@H]2OC(C)(C)O[C@H]21. The van der Waals surface area contributed by atoms with Gasteiger partial charge >= 0.3 is 0 Å². The first-order valence-electron chi connectivity index (χ1n) is 8.76. The van der Waals surface area contributed by atoms with Gasteiger partial charge in [0.05, 0.1) is 6.61 Å². The van der Waals surface area contributed by atoms with E-state index in [-0.39, 0.29) is 24.4 Å². The molecule has 3 fully saturated rings. The highest BCUT2D eigenvalue weighted by molar-refractivity contribution is 5.00. The van der Waals surface area contributed by atoms with E-state index in [9.17, 15) is 0 Å². The van der Waals surface area contributed by atoms with Crippen molar-refractivity contribution in [1.29, 1.82) is 0 Å². The first-order chi connectivity index (χ1) is 10.8. The van der Waals surface area contributed by atoms with Crippen LogP contribution in [0.2, 0.25) is 0 Å². The van der Waals surface area contributed by atoms with Gasteiger partial charge in [-0.05, 0) is 34.1 Å². The van der Waals surface area contributed by atoms with Crippen LogP contribution in [0, 0.1) is 0 Å². The summed E-state index contributed by atoms with van der Waals surface area (Å²) in [5, 5.41) is 0. The minimum atomic E-state index is -0.674. The van der Waals surface area contributed by atoms with Crippen molar-refractivity contribution >= 4 is 0 Å². The lowest BCUT2D eigenvalue weighted by molar-refractivity contribution is -0.243. The molecule has 0 aliphatic carbocycles. The molecule has 0 amide bonds. The Balaban J connectivity index is 1.64. The molecule has 3 heterocycles. The van der Waals surface area contributed by atoms with Crippen LogP contribution in [0.5, 0.6) is 0 Å². The maximum Gasteiger partial charge on any atom is 0.190 e. The third-order valence-electron chi connectivity index (χ3n) is 4.43. The van der Waals surface area contributed by atoms with Crippen molar-refractivity contribution in [2.75, 3.05) is 13.2 Å². The summed E-state index contributed by atoms with van der Waals surface area (Å²) < 4.78 is 35.8. The van der Waals surface area contributed by atoms with Gasteiger partial charge in [-0.25, -0.2) is 0 Å². The van der Waals surface area contributed by atoms with Crippen molar-refractivity contribution in [3.05, 3.63) is 0 Å². The van der Waals surface area contributed by atoms with Crippen molar-refractivity contribution in [1.82, 2.24) is 0 Å². The molecular formula is C17H30O6. The molecule has 0 aromatic carbocycles. The Kier molecular flexibility index (Phi) is 5.03. The van der Waals surface area contributed by atoms with Gasteiger partial charge in [-0.15, -0.1) is 0 Å². The zero-order valence-corrected chi connectivity index (χ0v) is 14.9. The fraction of sp³-hybridized carbons (Fsp3) is 1.00. The molecular weight excluding hydrogens is 300 g/mol. The van der Waals surface area contributed by atoms with Crippen molar-refractivity contribution in [3.63, 3.8) is 0 Å². The Hall–Kier alpha value is -0.240. The Morgan fingerprint density at radius 3 is 2.22 bits per heavy atom. The van der Waals surface area contributed by atoms with Gasteiger partial charge in [0.25, 0.3) is 0 Å². The van der Waals surface area contributed by atoms with Gasteiger partial charge in [0, 0.05) is 6.61 Å². The van der Waals surface area contributed by atoms with Gasteiger partial charge in [0.2, 0.25) is 0 Å². The summed E-state index contributed by atoms with van der Waals surface area (Å²) in [5.74, 6) is -1.32. The Labute approximate surface area is 138 Å². The van der Waals surface area contributed by atoms with E-state index in [4.69, 9.17) is 28.4 Å². The normalized spacial score (nSPS) is 40.8. The quantitative estimate of drug-likeness (QED) is 0.698. The maximum atomic E-state index is 6.08. The number of hydrogen-bond donors (Lipinski definition) is 0.